The fourth-order valence-electron chi connectivity index (χ4n) is 2.44. The Balaban J connectivity index is 1.62. The first-order chi connectivity index (χ1) is 6.10. The van der Waals surface area contributed by atoms with Gasteiger partial charge in [-0.25, -0.2) is 0 Å². The average molecular weight is 183 g/mol. The summed E-state index contributed by atoms with van der Waals surface area (Å²) in [6.07, 6.45) is 3.72. The largest absolute Gasteiger partial charge is 0.392 e. The fourth-order valence-corrected chi connectivity index (χ4v) is 2.44. The lowest BCUT2D eigenvalue weighted by atomic mass is 9.95. The van der Waals surface area contributed by atoms with Crippen LogP contribution in [0.1, 0.15) is 33.1 Å². The number of aliphatic hydroxyl groups is 1. The van der Waals surface area contributed by atoms with Gasteiger partial charge in [-0.1, -0.05) is 13.8 Å². The summed E-state index contributed by atoms with van der Waals surface area (Å²) in [7, 11) is 0. The molecule has 2 fully saturated rings. The van der Waals surface area contributed by atoms with Gasteiger partial charge in [0.25, 0.3) is 0 Å². The van der Waals surface area contributed by atoms with Crippen LogP contribution in [0.3, 0.4) is 0 Å². The van der Waals surface area contributed by atoms with Gasteiger partial charge in [0, 0.05) is 19.6 Å². The molecule has 13 heavy (non-hydrogen) atoms. The summed E-state index contributed by atoms with van der Waals surface area (Å²) in [5.41, 5.74) is 0.734. The van der Waals surface area contributed by atoms with Crippen molar-refractivity contribution in [3.63, 3.8) is 0 Å². The molecule has 1 spiro atoms. The Hall–Kier alpha value is -0.0800. The van der Waals surface area contributed by atoms with Crippen molar-refractivity contribution in [1.82, 2.24) is 4.90 Å². The van der Waals surface area contributed by atoms with E-state index in [1.165, 1.54) is 25.9 Å². The van der Waals surface area contributed by atoms with E-state index in [0.717, 1.165) is 18.4 Å². The molecule has 1 N–H and O–H groups in total. The summed E-state index contributed by atoms with van der Waals surface area (Å²) in [4.78, 5) is 2.40. The SMILES string of the molecule is CC(C)CC(O)CN1CC2(CC2)C1. The summed E-state index contributed by atoms with van der Waals surface area (Å²) in [6, 6.07) is 0. The third-order valence-electron chi connectivity index (χ3n) is 3.29. The van der Waals surface area contributed by atoms with Gasteiger partial charge in [0.05, 0.1) is 6.10 Å². The van der Waals surface area contributed by atoms with E-state index in [-0.39, 0.29) is 6.10 Å². The van der Waals surface area contributed by atoms with E-state index >= 15 is 0 Å². The Kier molecular flexibility index (Phi) is 2.37. The average Bonchev–Trinajstić information content (AvgIpc) is 2.63. The Bertz CT molecular complexity index is 176. The Morgan fingerprint density at radius 1 is 1.31 bits per heavy atom. The van der Waals surface area contributed by atoms with E-state index in [4.69, 9.17) is 0 Å². The second kappa shape index (κ2) is 3.25. The van der Waals surface area contributed by atoms with Crippen molar-refractivity contribution in [3.8, 4) is 0 Å². The zero-order valence-electron chi connectivity index (χ0n) is 8.79. The molecular weight excluding hydrogens is 162 g/mol. The molecule has 2 nitrogen and oxygen atoms in total. The summed E-state index contributed by atoms with van der Waals surface area (Å²) < 4.78 is 0. The Morgan fingerprint density at radius 2 is 1.92 bits per heavy atom. The van der Waals surface area contributed by atoms with E-state index < -0.39 is 0 Å². The van der Waals surface area contributed by atoms with Crippen LogP contribution in [0.4, 0.5) is 0 Å². The highest BCUT2D eigenvalue weighted by Crippen LogP contribution is 2.52. The maximum atomic E-state index is 9.70. The van der Waals surface area contributed by atoms with Crippen LogP contribution >= 0.6 is 0 Å². The molecule has 0 bridgehead atoms. The van der Waals surface area contributed by atoms with Gasteiger partial charge in [-0.05, 0) is 30.6 Å². The number of hydrogen-bond acceptors (Lipinski definition) is 2. The lowest BCUT2D eigenvalue weighted by molar-refractivity contribution is 0.0214. The van der Waals surface area contributed by atoms with Crippen molar-refractivity contribution in [1.29, 1.82) is 0 Å². The van der Waals surface area contributed by atoms with Crippen LogP contribution < -0.4 is 0 Å². The van der Waals surface area contributed by atoms with Gasteiger partial charge in [0.1, 0.15) is 0 Å². The summed E-state index contributed by atoms with van der Waals surface area (Å²) in [5.74, 6) is 0.617. The molecule has 1 aliphatic heterocycles. The molecule has 0 aromatic carbocycles. The predicted molar refractivity (Wildman–Crippen MR) is 53.6 cm³/mol. The smallest absolute Gasteiger partial charge is 0.0669 e. The van der Waals surface area contributed by atoms with Gasteiger partial charge in [-0.2, -0.15) is 0 Å². The molecule has 0 radical (unpaired) electrons. The fraction of sp³-hybridized carbons (Fsp3) is 1.00. The second-order valence-electron chi connectivity index (χ2n) is 5.45. The summed E-state index contributed by atoms with van der Waals surface area (Å²) >= 11 is 0. The number of β-amino-alcohol motifs (C(OH)–C–C–N with tert-alkyl or cyclic N) is 1. The van der Waals surface area contributed by atoms with E-state index in [1.54, 1.807) is 0 Å². The van der Waals surface area contributed by atoms with Gasteiger partial charge < -0.3 is 5.11 Å². The predicted octanol–water partition coefficient (Wildman–Crippen LogP) is 1.49. The van der Waals surface area contributed by atoms with Crippen LogP contribution in [0.25, 0.3) is 0 Å². The molecule has 1 unspecified atom stereocenters. The Morgan fingerprint density at radius 3 is 2.38 bits per heavy atom. The molecule has 1 saturated carbocycles. The molecule has 1 atom stereocenters. The summed E-state index contributed by atoms with van der Waals surface area (Å²) in [6.45, 7) is 7.74. The van der Waals surface area contributed by atoms with Crippen LogP contribution in [0.5, 0.6) is 0 Å². The van der Waals surface area contributed by atoms with Crippen molar-refractivity contribution in [3.05, 3.63) is 0 Å². The highest BCUT2D eigenvalue weighted by Gasteiger charge is 2.52. The molecular formula is C11H21NO. The third-order valence-corrected chi connectivity index (χ3v) is 3.29. The van der Waals surface area contributed by atoms with Crippen molar-refractivity contribution in [2.75, 3.05) is 19.6 Å². The minimum atomic E-state index is -0.101. The molecule has 0 aromatic heterocycles. The van der Waals surface area contributed by atoms with Crippen LogP contribution in [0.2, 0.25) is 0 Å². The topological polar surface area (TPSA) is 23.5 Å². The quantitative estimate of drug-likeness (QED) is 0.714. The molecule has 2 rings (SSSR count). The van der Waals surface area contributed by atoms with Crippen molar-refractivity contribution in [2.45, 2.75) is 39.2 Å². The van der Waals surface area contributed by atoms with E-state index in [0.29, 0.717) is 5.92 Å². The van der Waals surface area contributed by atoms with Crippen LogP contribution in [-0.2, 0) is 0 Å². The van der Waals surface area contributed by atoms with E-state index in [9.17, 15) is 5.11 Å². The van der Waals surface area contributed by atoms with Crippen LogP contribution in [0.15, 0.2) is 0 Å². The standard InChI is InChI=1S/C11H21NO/c1-9(2)5-10(13)6-12-7-11(8-12)3-4-11/h9-10,13H,3-8H2,1-2H3. The molecule has 2 aliphatic rings. The van der Waals surface area contributed by atoms with Gasteiger partial charge in [0.2, 0.25) is 0 Å². The maximum absolute atomic E-state index is 9.70. The molecule has 2 heteroatoms. The number of aliphatic hydroxyl groups excluding tert-OH is 1. The van der Waals surface area contributed by atoms with Gasteiger partial charge in [0.15, 0.2) is 0 Å². The number of likely N-dealkylation sites (tertiary alicyclic amines) is 1. The lowest BCUT2D eigenvalue weighted by Crippen LogP contribution is -2.51. The Labute approximate surface area is 80.9 Å². The van der Waals surface area contributed by atoms with E-state index in [2.05, 4.69) is 18.7 Å². The first-order valence-corrected chi connectivity index (χ1v) is 5.50. The molecule has 76 valence electrons. The minimum Gasteiger partial charge on any atom is -0.392 e. The van der Waals surface area contributed by atoms with Gasteiger partial charge in [-0.15, -0.1) is 0 Å². The minimum absolute atomic E-state index is 0.101. The third kappa shape index (κ3) is 2.23. The van der Waals surface area contributed by atoms with Crippen molar-refractivity contribution < 1.29 is 5.11 Å². The normalized spacial score (nSPS) is 27.7. The van der Waals surface area contributed by atoms with Gasteiger partial charge in [-0.3, -0.25) is 4.90 Å². The van der Waals surface area contributed by atoms with Crippen molar-refractivity contribution >= 4 is 0 Å². The first kappa shape index (κ1) is 9.47. The second-order valence-corrected chi connectivity index (χ2v) is 5.45. The summed E-state index contributed by atoms with van der Waals surface area (Å²) in [5, 5.41) is 9.70. The van der Waals surface area contributed by atoms with E-state index in [1.807, 2.05) is 0 Å². The first-order valence-electron chi connectivity index (χ1n) is 5.50. The molecule has 0 aromatic rings. The van der Waals surface area contributed by atoms with Crippen LogP contribution in [-0.4, -0.2) is 35.7 Å². The monoisotopic (exact) mass is 183 g/mol. The maximum Gasteiger partial charge on any atom is 0.0669 e. The number of nitrogens with zero attached hydrogens (tertiary/aromatic N) is 1. The zero-order valence-corrected chi connectivity index (χ0v) is 8.79. The highest BCUT2D eigenvalue weighted by molar-refractivity contribution is 5.05. The molecule has 0 amide bonds. The molecule has 1 heterocycles. The highest BCUT2D eigenvalue weighted by atomic mass is 16.3. The lowest BCUT2D eigenvalue weighted by Gasteiger charge is -2.41. The molecule has 1 aliphatic carbocycles. The van der Waals surface area contributed by atoms with Crippen molar-refractivity contribution in [2.24, 2.45) is 11.3 Å². The van der Waals surface area contributed by atoms with Crippen LogP contribution in [0, 0.1) is 11.3 Å². The number of hydrogen-bond donors (Lipinski definition) is 1. The van der Waals surface area contributed by atoms with Gasteiger partial charge >= 0.3 is 0 Å². The number of rotatable bonds is 4. The molecule has 1 saturated heterocycles. The zero-order chi connectivity index (χ0) is 9.47.